The lowest BCUT2D eigenvalue weighted by Crippen LogP contribution is -2.45. The second-order valence-corrected chi connectivity index (χ2v) is 8.34. The number of nitrogens with zero attached hydrogens (tertiary/aromatic N) is 7. The van der Waals surface area contributed by atoms with Gasteiger partial charge in [0.25, 0.3) is 5.78 Å². The van der Waals surface area contributed by atoms with E-state index in [1.807, 2.05) is 12.1 Å². The number of nitrogens with one attached hydrogen (secondary N) is 1. The third kappa shape index (κ3) is 5.26. The van der Waals surface area contributed by atoms with Gasteiger partial charge in [0.2, 0.25) is 17.7 Å². The van der Waals surface area contributed by atoms with Crippen LogP contribution >= 0.6 is 0 Å². The van der Waals surface area contributed by atoms with Gasteiger partial charge in [0.05, 0.1) is 6.26 Å². The molecule has 1 saturated heterocycles. The Hall–Kier alpha value is -3.70. The zero-order chi connectivity index (χ0) is 23.3. The summed E-state index contributed by atoms with van der Waals surface area (Å²) in [6.45, 7) is 6.78. The van der Waals surface area contributed by atoms with Gasteiger partial charge in [0, 0.05) is 39.3 Å². The summed E-state index contributed by atoms with van der Waals surface area (Å²) in [6, 6.07) is 11.8. The Bertz CT molecular complexity index is 1200. The van der Waals surface area contributed by atoms with Crippen molar-refractivity contribution >= 4 is 17.7 Å². The van der Waals surface area contributed by atoms with Crippen LogP contribution in [0.2, 0.25) is 0 Å². The van der Waals surface area contributed by atoms with E-state index in [9.17, 15) is 0 Å². The highest BCUT2D eigenvalue weighted by Gasteiger charge is 2.14. The number of fused-ring (bicyclic) bond motifs is 1. The number of ether oxygens (including phenoxy) is 1. The first-order chi connectivity index (χ1) is 16.6. The fraction of sp³-hybridized carbons (Fsp3) is 0.391. The van der Waals surface area contributed by atoms with Crippen molar-refractivity contribution in [2.24, 2.45) is 0 Å². The number of furan rings is 1. The van der Waals surface area contributed by atoms with Crippen molar-refractivity contribution in [2.45, 2.75) is 6.42 Å². The van der Waals surface area contributed by atoms with Gasteiger partial charge in [-0.25, -0.2) is 0 Å². The highest BCUT2D eigenvalue weighted by Crippen LogP contribution is 2.18. The summed E-state index contributed by atoms with van der Waals surface area (Å²) in [7, 11) is 2.17. The van der Waals surface area contributed by atoms with E-state index >= 15 is 0 Å². The van der Waals surface area contributed by atoms with E-state index in [0.717, 1.165) is 44.9 Å². The van der Waals surface area contributed by atoms with Crippen LogP contribution in [0.1, 0.15) is 5.56 Å². The average Bonchev–Trinajstić information content (AvgIpc) is 3.52. The molecule has 0 aliphatic carbocycles. The highest BCUT2D eigenvalue weighted by molar-refractivity contribution is 5.52. The maximum atomic E-state index is 6.04. The number of aromatic nitrogens is 5. The molecular weight excluding hydrogens is 434 g/mol. The summed E-state index contributed by atoms with van der Waals surface area (Å²) in [5, 5.41) is 7.51. The quantitative estimate of drug-likeness (QED) is 0.379. The van der Waals surface area contributed by atoms with E-state index in [-0.39, 0.29) is 5.95 Å². The molecule has 1 fully saturated rings. The molecule has 0 radical (unpaired) electrons. The lowest BCUT2D eigenvalue weighted by molar-refractivity contribution is 0.134. The van der Waals surface area contributed by atoms with Crippen molar-refractivity contribution in [3.63, 3.8) is 0 Å². The monoisotopic (exact) mass is 463 g/mol. The van der Waals surface area contributed by atoms with Crippen LogP contribution in [0.15, 0.2) is 47.1 Å². The Morgan fingerprint density at radius 2 is 1.88 bits per heavy atom. The zero-order valence-electron chi connectivity index (χ0n) is 19.2. The number of nitrogen functional groups attached to an aromatic ring is 1. The van der Waals surface area contributed by atoms with E-state index in [1.54, 1.807) is 18.4 Å². The molecule has 1 aliphatic rings. The normalized spacial score (nSPS) is 15.1. The standard InChI is InChI=1S/C23H29N9O2/c1-30-10-12-31(13-11-30)14-16-33-18-6-4-17(5-7-18)8-9-25-22-27-21(24)32-23(28-22)26-20(29-32)19-3-2-15-34-19/h2-7,15H,8-14,16H2,1H3,(H3,24,25,26,27,28,29). The molecule has 0 bridgehead atoms. The van der Waals surface area contributed by atoms with Crippen LogP contribution in [0.5, 0.6) is 5.75 Å². The molecule has 0 spiro atoms. The fourth-order valence-electron chi connectivity index (χ4n) is 3.83. The van der Waals surface area contributed by atoms with Gasteiger partial charge in [-0.05, 0) is 43.3 Å². The Kier molecular flexibility index (Phi) is 6.54. The van der Waals surface area contributed by atoms with Gasteiger partial charge >= 0.3 is 0 Å². The summed E-state index contributed by atoms with van der Waals surface area (Å²) in [4.78, 5) is 17.9. The van der Waals surface area contributed by atoms with Crippen LogP contribution in [-0.2, 0) is 6.42 Å². The van der Waals surface area contributed by atoms with Gasteiger partial charge in [0.1, 0.15) is 12.4 Å². The number of hydrogen-bond acceptors (Lipinski definition) is 10. The summed E-state index contributed by atoms with van der Waals surface area (Å²) in [6.07, 6.45) is 2.37. The van der Waals surface area contributed by atoms with Crippen molar-refractivity contribution in [1.82, 2.24) is 34.4 Å². The number of hydrogen-bond donors (Lipinski definition) is 2. The van der Waals surface area contributed by atoms with Crippen molar-refractivity contribution < 1.29 is 9.15 Å². The molecule has 1 aliphatic heterocycles. The minimum atomic E-state index is 0.205. The Morgan fingerprint density at radius 1 is 1.06 bits per heavy atom. The maximum Gasteiger partial charge on any atom is 0.259 e. The van der Waals surface area contributed by atoms with Crippen molar-refractivity contribution in [3.8, 4) is 17.3 Å². The van der Waals surface area contributed by atoms with E-state index in [4.69, 9.17) is 14.9 Å². The van der Waals surface area contributed by atoms with E-state index in [0.29, 0.717) is 36.5 Å². The number of piperazine rings is 1. The molecule has 11 heteroatoms. The van der Waals surface area contributed by atoms with Gasteiger partial charge in [-0.2, -0.15) is 19.5 Å². The SMILES string of the molecule is CN1CCN(CCOc2ccc(CCNc3nc(N)n4nc(-c5ccco5)nc4n3)cc2)CC1. The van der Waals surface area contributed by atoms with Crippen LogP contribution in [0.3, 0.4) is 0 Å². The van der Waals surface area contributed by atoms with Crippen LogP contribution in [0.4, 0.5) is 11.9 Å². The Morgan fingerprint density at radius 3 is 2.65 bits per heavy atom. The summed E-state index contributed by atoms with van der Waals surface area (Å²) in [5.41, 5.74) is 7.23. The molecule has 3 N–H and O–H groups in total. The maximum absolute atomic E-state index is 6.04. The van der Waals surface area contributed by atoms with Gasteiger partial charge in [-0.15, -0.1) is 5.10 Å². The third-order valence-corrected chi connectivity index (χ3v) is 5.87. The summed E-state index contributed by atoms with van der Waals surface area (Å²) >= 11 is 0. The molecule has 0 amide bonds. The molecule has 0 saturated carbocycles. The van der Waals surface area contributed by atoms with E-state index in [1.165, 1.54) is 10.1 Å². The Balaban J connectivity index is 1.10. The molecule has 4 aromatic rings. The van der Waals surface area contributed by atoms with Gasteiger partial charge in [-0.1, -0.05) is 12.1 Å². The molecule has 4 heterocycles. The predicted octanol–water partition coefficient (Wildman–Crippen LogP) is 1.64. The number of benzene rings is 1. The first-order valence-electron chi connectivity index (χ1n) is 11.4. The fourth-order valence-corrected chi connectivity index (χ4v) is 3.83. The van der Waals surface area contributed by atoms with Crippen LogP contribution in [0.25, 0.3) is 17.4 Å². The largest absolute Gasteiger partial charge is 0.492 e. The lowest BCUT2D eigenvalue weighted by atomic mass is 10.1. The molecule has 11 nitrogen and oxygen atoms in total. The first-order valence-corrected chi connectivity index (χ1v) is 11.4. The van der Waals surface area contributed by atoms with Crippen LogP contribution in [-0.4, -0.2) is 87.3 Å². The van der Waals surface area contributed by atoms with Crippen molar-refractivity contribution in [3.05, 3.63) is 48.2 Å². The molecular formula is C23H29N9O2. The molecule has 5 rings (SSSR count). The summed E-state index contributed by atoms with van der Waals surface area (Å²) < 4.78 is 12.7. The van der Waals surface area contributed by atoms with Gasteiger partial charge in [-0.3, -0.25) is 4.90 Å². The highest BCUT2D eigenvalue weighted by atomic mass is 16.5. The molecule has 178 valence electrons. The van der Waals surface area contributed by atoms with Crippen LogP contribution in [0, 0.1) is 0 Å². The molecule has 0 unspecified atom stereocenters. The molecule has 3 aromatic heterocycles. The second-order valence-electron chi connectivity index (χ2n) is 8.34. The van der Waals surface area contributed by atoms with Crippen LogP contribution < -0.4 is 15.8 Å². The topological polar surface area (TPSA) is 123 Å². The molecule has 1 aromatic carbocycles. The number of likely N-dealkylation sites (N-methyl/N-ethyl adjacent to an activating group) is 1. The zero-order valence-corrected chi connectivity index (χ0v) is 19.2. The van der Waals surface area contributed by atoms with E-state index < -0.39 is 0 Å². The second kappa shape index (κ2) is 10.1. The minimum absolute atomic E-state index is 0.205. The number of rotatable bonds is 9. The van der Waals surface area contributed by atoms with Gasteiger partial charge < -0.3 is 25.1 Å². The molecule has 34 heavy (non-hydrogen) atoms. The van der Waals surface area contributed by atoms with Gasteiger partial charge in [0.15, 0.2) is 5.76 Å². The number of nitrogens with two attached hydrogens (primary N) is 1. The lowest BCUT2D eigenvalue weighted by Gasteiger charge is -2.32. The average molecular weight is 464 g/mol. The Labute approximate surface area is 197 Å². The predicted molar refractivity (Wildman–Crippen MR) is 129 cm³/mol. The first kappa shape index (κ1) is 22.1. The minimum Gasteiger partial charge on any atom is -0.492 e. The van der Waals surface area contributed by atoms with Crippen molar-refractivity contribution in [1.29, 1.82) is 0 Å². The molecule has 0 atom stereocenters. The third-order valence-electron chi connectivity index (χ3n) is 5.87. The summed E-state index contributed by atoms with van der Waals surface area (Å²) in [5.74, 6) is 2.83. The van der Waals surface area contributed by atoms with E-state index in [2.05, 4.69) is 54.3 Å². The smallest absolute Gasteiger partial charge is 0.259 e. The van der Waals surface area contributed by atoms with Crippen molar-refractivity contribution in [2.75, 3.05) is 64.0 Å². The number of anilines is 2.